The third kappa shape index (κ3) is 7.13. The molecule has 2 aromatic carbocycles. The van der Waals surface area contributed by atoms with Gasteiger partial charge in [-0.25, -0.2) is 0 Å². The van der Waals surface area contributed by atoms with E-state index in [1.165, 1.54) is 17.5 Å². The van der Waals surface area contributed by atoms with Crippen molar-refractivity contribution in [1.82, 2.24) is 14.7 Å². The molecule has 2 heterocycles. The molecule has 178 valence electrons. The minimum absolute atomic E-state index is 0.168. The summed E-state index contributed by atoms with van der Waals surface area (Å²) in [7, 11) is 0. The van der Waals surface area contributed by atoms with Gasteiger partial charge in [0.25, 0.3) is 5.91 Å². The Morgan fingerprint density at radius 2 is 1.58 bits per heavy atom. The molecule has 0 aliphatic carbocycles. The lowest BCUT2D eigenvalue weighted by molar-refractivity contribution is -0.0704. The average molecular weight is 450 g/mol. The molecule has 2 atom stereocenters. The third-order valence-corrected chi connectivity index (χ3v) is 6.76. The zero-order valence-corrected chi connectivity index (χ0v) is 20.3. The highest BCUT2D eigenvalue weighted by atomic mass is 16.5. The molecule has 0 radical (unpaired) electrons. The number of amides is 1. The number of carbonyl (C=O) groups is 1. The molecule has 2 saturated heterocycles. The molecule has 2 fully saturated rings. The molecule has 2 aromatic rings. The lowest BCUT2D eigenvalue weighted by Gasteiger charge is -2.35. The van der Waals surface area contributed by atoms with Gasteiger partial charge in [-0.05, 0) is 69.5 Å². The van der Waals surface area contributed by atoms with Crippen LogP contribution in [0.4, 0.5) is 0 Å². The maximum Gasteiger partial charge on any atom is 0.253 e. The molecule has 0 saturated carbocycles. The highest BCUT2D eigenvalue weighted by molar-refractivity contribution is 5.94. The maximum absolute atomic E-state index is 13.1. The van der Waals surface area contributed by atoms with Gasteiger partial charge in [-0.3, -0.25) is 9.69 Å². The normalized spacial score (nSPS) is 22.8. The number of aryl methyl sites for hydroxylation is 1. The minimum Gasteiger partial charge on any atom is -0.373 e. The SMILES string of the molecule is CC1CN(Cc2ccc(C(=O)N3CCCN(CCCc4ccccc4)CC3)cc2)CC(C)O1. The van der Waals surface area contributed by atoms with Crippen LogP contribution in [0.3, 0.4) is 0 Å². The van der Waals surface area contributed by atoms with Crippen molar-refractivity contribution in [3.63, 3.8) is 0 Å². The minimum atomic E-state index is 0.168. The second kappa shape index (κ2) is 11.8. The van der Waals surface area contributed by atoms with Gasteiger partial charge in [0, 0.05) is 44.8 Å². The summed E-state index contributed by atoms with van der Waals surface area (Å²) in [6.07, 6.45) is 3.88. The van der Waals surface area contributed by atoms with Gasteiger partial charge in [-0.15, -0.1) is 0 Å². The average Bonchev–Trinajstić information content (AvgIpc) is 3.05. The lowest BCUT2D eigenvalue weighted by atomic mass is 10.1. The van der Waals surface area contributed by atoms with E-state index in [4.69, 9.17) is 4.74 Å². The van der Waals surface area contributed by atoms with Gasteiger partial charge < -0.3 is 14.5 Å². The van der Waals surface area contributed by atoms with Crippen LogP contribution in [0.15, 0.2) is 54.6 Å². The molecule has 0 N–H and O–H groups in total. The molecule has 5 nitrogen and oxygen atoms in total. The van der Waals surface area contributed by atoms with E-state index in [0.29, 0.717) is 0 Å². The number of hydrogen-bond acceptors (Lipinski definition) is 4. The first-order chi connectivity index (χ1) is 16.1. The summed E-state index contributed by atoms with van der Waals surface area (Å²) in [6, 6.07) is 19.0. The first-order valence-electron chi connectivity index (χ1n) is 12.6. The van der Waals surface area contributed by atoms with E-state index in [9.17, 15) is 4.79 Å². The molecule has 0 bridgehead atoms. The van der Waals surface area contributed by atoms with Crippen molar-refractivity contribution in [3.8, 4) is 0 Å². The zero-order valence-electron chi connectivity index (χ0n) is 20.3. The van der Waals surface area contributed by atoms with Crippen LogP contribution in [-0.2, 0) is 17.7 Å². The van der Waals surface area contributed by atoms with Gasteiger partial charge in [0.15, 0.2) is 0 Å². The Hall–Kier alpha value is -2.21. The second-order valence-corrected chi connectivity index (χ2v) is 9.72. The summed E-state index contributed by atoms with van der Waals surface area (Å²) in [6.45, 7) is 11.9. The van der Waals surface area contributed by atoms with E-state index < -0.39 is 0 Å². The monoisotopic (exact) mass is 449 g/mol. The van der Waals surface area contributed by atoms with Crippen LogP contribution >= 0.6 is 0 Å². The lowest BCUT2D eigenvalue weighted by Crippen LogP contribution is -2.44. The van der Waals surface area contributed by atoms with Gasteiger partial charge in [0.05, 0.1) is 12.2 Å². The van der Waals surface area contributed by atoms with Crippen LogP contribution in [0, 0.1) is 0 Å². The van der Waals surface area contributed by atoms with Gasteiger partial charge in [0.2, 0.25) is 0 Å². The van der Waals surface area contributed by atoms with E-state index in [2.05, 4.69) is 66.1 Å². The zero-order chi connectivity index (χ0) is 23.0. The molecule has 2 aliphatic rings. The summed E-state index contributed by atoms with van der Waals surface area (Å²) in [4.78, 5) is 20.1. The van der Waals surface area contributed by atoms with E-state index in [-0.39, 0.29) is 18.1 Å². The Balaban J connectivity index is 1.24. The number of hydrogen-bond donors (Lipinski definition) is 0. The fourth-order valence-corrected chi connectivity index (χ4v) is 5.16. The van der Waals surface area contributed by atoms with Crippen molar-refractivity contribution in [2.24, 2.45) is 0 Å². The second-order valence-electron chi connectivity index (χ2n) is 9.72. The molecule has 5 heteroatoms. The summed E-state index contributed by atoms with van der Waals surface area (Å²) in [5, 5.41) is 0. The van der Waals surface area contributed by atoms with E-state index in [0.717, 1.165) is 70.8 Å². The number of ether oxygens (including phenoxy) is 1. The van der Waals surface area contributed by atoms with Gasteiger partial charge in [-0.2, -0.15) is 0 Å². The van der Waals surface area contributed by atoms with Crippen molar-refractivity contribution in [3.05, 3.63) is 71.3 Å². The number of benzene rings is 2. The Morgan fingerprint density at radius 3 is 2.30 bits per heavy atom. The smallest absolute Gasteiger partial charge is 0.253 e. The van der Waals surface area contributed by atoms with Crippen molar-refractivity contribution in [2.45, 2.75) is 51.9 Å². The number of rotatable bonds is 7. The van der Waals surface area contributed by atoms with E-state index in [1.54, 1.807) is 0 Å². The molecule has 33 heavy (non-hydrogen) atoms. The van der Waals surface area contributed by atoms with Crippen LogP contribution in [0.25, 0.3) is 0 Å². The van der Waals surface area contributed by atoms with E-state index >= 15 is 0 Å². The summed E-state index contributed by atoms with van der Waals surface area (Å²) >= 11 is 0. The summed E-state index contributed by atoms with van der Waals surface area (Å²) < 4.78 is 5.84. The third-order valence-electron chi connectivity index (χ3n) is 6.76. The maximum atomic E-state index is 13.1. The van der Waals surface area contributed by atoms with E-state index in [1.807, 2.05) is 17.0 Å². The standard InChI is InChI=1S/C28H39N3O2/c1-23-20-30(21-24(2)33-23)22-26-11-13-27(14-12-26)28(32)31-17-7-16-29(18-19-31)15-6-10-25-8-4-3-5-9-25/h3-5,8-9,11-14,23-24H,6-7,10,15-22H2,1-2H3. The van der Waals surface area contributed by atoms with Crippen LogP contribution in [0.1, 0.15) is 48.2 Å². The first kappa shape index (κ1) is 23.9. The Morgan fingerprint density at radius 1 is 0.848 bits per heavy atom. The molecule has 1 amide bonds. The van der Waals surface area contributed by atoms with Crippen molar-refractivity contribution < 1.29 is 9.53 Å². The van der Waals surface area contributed by atoms with Crippen LogP contribution < -0.4 is 0 Å². The Bertz CT molecular complexity index is 860. The predicted molar refractivity (Wildman–Crippen MR) is 133 cm³/mol. The largest absolute Gasteiger partial charge is 0.373 e. The summed E-state index contributed by atoms with van der Waals surface area (Å²) in [5.41, 5.74) is 3.47. The Labute approximate surface area is 199 Å². The number of morpholine rings is 1. The molecule has 4 rings (SSSR count). The van der Waals surface area contributed by atoms with Crippen LogP contribution in [0.5, 0.6) is 0 Å². The number of nitrogens with zero attached hydrogens (tertiary/aromatic N) is 3. The van der Waals surface area contributed by atoms with Crippen molar-refractivity contribution in [2.75, 3.05) is 45.8 Å². The fourth-order valence-electron chi connectivity index (χ4n) is 5.16. The summed E-state index contributed by atoms with van der Waals surface area (Å²) in [5.74, 6) is 0.168. The molecule has 0 spiro atoms. The highest BCUT2D eigenvalue weighted by Gasteiger charge is 2.23. The molecule has 2 unspecified atom stereocenters. The van der Waals surface area contributed by atoms with Crippen LogP contribution in [-0.4, -0.2) is 78.6 Å². The molecular weight excluding hydrogens is 410 g/mol. The van der Waals surface area contributed by atoms with Crippen LogP contribution in [0.2, 0.25) is 0 Å². The quantitative estimate of drug-likeness (QED) is 0.638. The molecular formula is C28H39N3O2. The van der Waals surface area contributed by atoms with Crippen molar-refractivity contribution >= 4 is 5.91 Å². The van der Waals surface area contributed by atoms with Gasteiger partial charge in [-0.1, -0.05) is 42.5 Å². The Kier molecular flexibility index (Phi) is 8.54. The first-order valence-corrected chi connectivity index (χ1v) is 12.6. The molecule has 0 aromatic heterocycles. The van der Waals surface area contributed by atoms with Crippen molar-refractivity contribution in [1.29, 1.82) is 0 Å². The van der Waals surface area contributed by atoms with Gasteiger partial charge >= 0.3 is 0 Å². The fraction of sp³-hybridized carbons (Fsp3) is 0.536. The van der Waals surface area contributed by atoms with Gasteiger partial charge in [0.1, 0.15) is 0 Å². The predicted octanol–water partition coefficient (Wildman–Crippen LogP) is 4.08. The number of carbonyl (C=O) groups excluding carboxylic acids is 1. The topological polar surface area (TPSA) is 36.0 Å². The molecule has 2 aliphatic heterocycles. The highest BCUT2D eigenvalue weighted by Crippen LogP contribution is 2.16.